The van der Waals surface area contributed by atoms with Gasteiger partial charge < -0.3 is 20.7 Å². The Labute approximate surface area is 124 Å². The summed E-state index contributed by atoms with van der Waals surface area (Å²) < 4.78 is 4.56. The molecule has 0 saturated carbocycles. The minimum absolute atomic E-state index is 0.0772. The van der Waals surface area contributed by atoms with E-state index in [1.54, 1.807) is 4.90 Å². The Bertz CT molecular complexity index is 515. The van der Waals surface area contributed by atoms with Crippen LogP contribution in [0.15, 0.2) is 24.3 Å². The molecule has 2 rings (SSSR count). The van der Waals surface area contributed by atoms with Crippen molar-refractivity contribution in [3.8, 4) is 0 Å². The summed E-state index contributed by atoms with van der Waals surface area (Å²) in [6, 6.07) is 6.88. The molecule has 1 aromatic carbocycles. The summed E-state index contributed by atoms with van der Waals surface area (Å²) in [5.41, 5.74) is 7.97. The van der Waals surface area contributed by atoms with Crippen LogP contribution in [0.1, 0.15) is 23.6 Å². The van der Waals surface area contributed by atoms with E-state index in [-0.39, 0.29) is 11.9 Å². The molecule has 0 aromatic heterocycles. The van der Waals surface area contributed by atoms with Crippen molar-refractivity contribution in [3.05, 3.63) is 35.4 Å². The average molecular weight is 291 g/mol. The van der Waals surface area contributed by atoms with Gasteiger partial charge in [0.25, 0.3) is 0 Å². The highest BCUT2D eigenvalue weighted by Crippen LogP contribution is 2.18. The van der Waals surface area contributed by atoms with Crippen molar-refractivity contribution in [2.45, 2.75) is 25.4 Å². The maximum absolute atomic E-state index is 12.4. The molecule has 0 spiro atoms. The summed E-state index contributed by atoms with van der Waals surface area (Å²) in [6.45, 7) is 3.04. The predicted molar refractivity (Wildman–Crippen MR) is 78.6 cm³/mol. The molecule has 2 unspecified atom stereocenters. The number of benzene rings is 1. The maximum Gasteiger partial charge on any atom is 0.407 e. The lowest BCUT2D eigenvalue weighted by molar-refractivity contribution is -0.131. The fraction of sp³-hybridized carbons (Fsp3) is 0.467. The largest absolute Gasteiger partial charge is 0.453 e. The van der Waals surface area contributed by atoms with E-state index >= 15 is 0 Å². The lowest BCUT2D eigenvalue weighted by Gasteiger charge is -2.21. The van der Waals surface area contributed by atoms with Crippen molar-refractivity contribution in [2.75, 3.05) is 20.2 Å². The van der Waals surface area contributed by atoms with Gasteiger partial charge >= 0.3 is 6.09 Å². The first-order valence-corrected chi connectivity index (χ1v) is 6.96. The molecule has 3 N–H and O–H groups in total. The van der Waals surface area contributed by atoms with Crippen LogP contribution in [0.2, 0.25) is 0 Å². The molecule has 6 nitrogen and oxygen atoms in total. The van der Waals surface area contributed by atoms with E-state index in [1.165, 1.54) is 7.11 Å². The summed E-state index contributed by atoms with van der Waals surface area (Å²) in [5.74, 6) is -0.118. The average Bonchev–Trinajstić information content (AvgIpc) is 2.94. The number of likely N-dealkylation sites (tertiary alicyclic amines) is 1. The van der Waals surface area contributed by atoms with E-state index < -0.39 is 12.1 Å². The van der Waals surface area contributed by atoms with Gasteiger partial charge in [0.05, 0.1) is 13.2 Å². The molecule has 1 saturated heterocycles. The zero-order chi connectivity index (χ0) is 15.4. The molecule has 1 aliphatic heterocycles. The van der Waals surface area contributed by atoms with Crippen LogP contribution in [0.25, 0.3) is 0 Å². The normalized spacial score (nSPS) is 19.2. The molecule has 1 aliphatic rings. The van der Waals surface area contributed by atoms with E-state index in [0.29, 0.717) is 19.5 Å². The number of rotatable bonds is 3. The molecule has 0 radical (unpaired) electrons. The first-order chi connectivity index (χ1) is 10.0. The maximum atomic E-state index is 12.4. The molecule has 1 fully saturated rings. The second-order valence-electron chi connectivity index (χ2n) is 5.29. The van der Waals surface area contributed by atoms with Gasteiger partial charge in [-0.1, -0.05) is 29.8 Å². The van der Waals surface area contributed by atoms with Crippen molar-refractivity contribution in [1.82, 2.24) is 10.2 Å². The van der Waals surface area contributed by atoms with Crippen molar-refractivity contribution in [2.24, 2.45) is 5.73 Å². The third-order valence-electron chi connectivity index (χ3n) is 3.71. The molecule has 0 aliphatic carbocycles. The van der Waals surface area contributed by atoms with Gasteiger partial charge in [-0.05, 0) is 18.9 Å². The molecule has 1 aromatic rings. The fourth-order valence-electron chi connectivity index (χ4n) is 2.42. The summed E-state index contributed by atoms with van der Waals surface area (Å²) in [5, 5.41) is 2.70. The number of carbonyl (C=O) groups is 2. The lowest BCUT2D eigenvalue weighted by atomic mass is 10.0. The second kappa shape index (κ2) is 6.58. The van der Waals surface area contributed by atoms with Crippen LogP contribution >= 0.6 is 0 Å². The number of hydrogen-bond acceptors (Lipinski definition) is 4. The van der Waals surface area contributed by atoms with Crippen LogP contribution in [0.5, 0.6) is 0 Å². The topological polar surface area (TPSA) is 84.7 Å². The van der Waals surface area contributed by atoms with Crippen LogP contribution in [-0.2, 0) is 9.53 Å². The number of amides is 2. The third-order valence-corrected chi connectivity index (χ3v) is 3.71. The van der Waals surface area contributed by atoms with Gasteiger partial charge in [0, 0.05) is 13.1 Å². The number of nitrogens with zero attached hydrogens (tertiary/aromatic N) is 1. The van der Waals surface area contributed by atoms with Crippen LogP contribution in [0.4, 0.5) is 4.79 Å². The SMILES string of the molecule is COC(=O)NC1CCN(C(=O)C(N)c2ccc(C)cc2)C1. The number of ether oxygens (including phenoxy) is 1. The van der Waals surface area contributed by atoms with Crippen molar-refractivity contribution >= 4 is 12.0 Å². The zero-order valence-corrected chi connectivity index (χ0v) is 12.3. The number of methoxy groups -OCH3 is 1. The number of nitrogens with two attached hydrogens (primary N) is 1. The molecule has 6 heteroatoms. The quantitative estimate of drug-likeness (QED) is 0.868. The van der Waals surface area contributed by atoms with Crippen LogP contribution < -0.4 is 11.1 Å². The highest BCUT2D eigenvalue weighted by molar-refractivity contribution is 5.83. The summed E-state index contributed by atoms with van der Waals surface area (Å²) in [4.78, 5) is 25.2. The Morgan fingerprint density at radius 1 is 1.38 bits per heavy atom. The van der Waals surface area contributed by atoms with Gasteiger partial charge in [0.2, 0.25) is 5.91 Å². The Balaban J connectivity index is 1.94. The molecule has 21 heavy (non-hydrogen) atoms. The summed E-state index contributed by atoms with van der Waals surface area (Å²) in [6.07, 6.45) is 0.235. The van der Waals surface area contributed by atoms with Crippen LogP contribution in [0.3, 0.4) is 0 Å². The van der Waals surface area contributed by atoms with Gasteiger partial charge in [0.1, 0.15) is 6.04 Å². The minimum Gasteiger partial charge on any atom is -0.453 e. The minimum atomic E-state index is -0.664. The standard InChI is InChI=1S/C15H21N3O3/c1-10-3-5-11(6-4-10)13(16)14(19)18-8-7-12(9-18)17-15(20)21-2/h3-6,12-13H,7-9,16H2,1-2H3,(H,17,20). The molecule has 114 valence electrons. The van der Waals surface area contributed by atoms with Crippen molar-refractivity contribution in [3.63, 3.8) is 0 Å². The highest BCUT2D eigenvalue weighted by Gasteiger charge is 2.30. The van der Waals surface area contributed by atoms with E-state index in [9.17, 15) is 9.59 Å². The number of carbonyl (C=O) groups excluding carboxylic acids is 2. The van der Waals surface area contributed by atoms with E-state index in [1.807, 2.05) is 31.2 Å². The predicted octanol–water partition coefficient (Wildman–Crippen LogP) is 0.952. The molecular formula is C15H21N3O3. The van der Waals surface area contributed by atoms with Crippen molar-refractivity contribution in [1.29, 1.82) is 0 Å². The van der Waals surface area contributed by atoms with Crippen molar-refractivity contribution < 1.29 is 14.3 Å². The summed E-state index contributed by atoms with van der Waals surface area (Å²) in [7, 11) is 1.32. The van der Waals surface area contributed by atoms with Crippen LogP contribution in [-0.4, -0.2) is 43.1 Å². The number of hydrogen-bond donors (Lipinski definition) is 2. The van der Waals surface area contributed by atoms with Gasteiger partial charge in [-0.3, -0.25) is 4.79 Å². The monoisotopic (exact) mass is 291 g/mol. The Morgan fingerprint density at radius 2 is 2.05 bits per heavy atom. The fourth-order valence-corrected chi connectivity index (χ4v) is 2.42. The van der Waals surface area contributed by atoms with E-state index in [0.717, 1.165) is 11.1 Å². The summed E-state index contributed by atoms with van der Waals surface area (Å²) >= 11 is 0. The lowest BCUT2D eigenvalue weighted by Crippen LogP contribution is -2.41. The molecular weight excluding hydrogens is 270 g/mol. The molecule has 2 atom stereocenters. The van der Waals surface area contributed by atoms with Gasteiger partial charge in [0.15, 0.2) is 0 Å². The zero-order valence-electron chi connectivity index (χ0n) is 12.3. The first kappa shape index (κ1) is 15.3. The van der Waals surface area contributed by atoms with E-state index in [4.69, 9.17) is 5.73 Å². The molecule has 2 amide bonds. The Morgan fingerprint density at radius 3 is 2.67 bits per heavy atom. The number of nitrogens with one attached hydrogen (secondary N) is 1. The van der Waals surface area contributed by atoms with Gasteiger partial charge in [-0.25, -0.2) is 4.79 Å². The third kappa shape index (κ3) is 3.72. The van der Waals surface area contributed by atoms with E-state index in [2.05, 4.69) is 10.1 Å². The first-order valence-electron chi connectivity index (χ1n) is 6.96. The smallest absolute Gasteiger partial charge is 0.407 e. The Hall–Kier alpha value is -2.08. The van der Waals surface area contributed by atoms with Crippen LogP contribution in [0, 0.1) is 6.92 Å². The second-order valence-corrected chi connectivity index (χ2v) is 5.29. The number of alkyl carbamates (subject to hydrolysis) is 1. The number of aryl methyl sites for hydroxylation is 1. The molecule has 1 heterocycles. The van der Waals surface area contributed by atoms with Gasteiger partial charge in [-0.2, -0.15) is 0 Å². The Kier molecular flexibility index (Phi) is 4.80. The van der Waals surface area contributed by atoms with Gasteiger partial charge in [-0.15, -0.1) is 0 Å². The molecule has 0 bridgehead atoms. The highest BCUT2D eigenvalue weighted by atomic mass is 16.5.